The summed E-state index contributed by atoms with van der Waals surface area (Å²) in [6.07, 6.45) is 0. The zero-order valence-electron chi connectivity index (χ0n) is 9.19. The summed E-state index contributed by atoms with van der Waals surface area (Å²) < 4.78 is 2.87. The second-order valence-electron chi connectivity index (χ2n) is 4.27. The molecule has 0 saturated heterocycles. The van der Waals surface area contributed by atoms with Gasteiger partial charge in [-0.3, -0.25) is 0 Å². The van der Waals surface area contributed by atoms with Crippen molar-refractivity contribution in [3.63, 3.8) is 0 Å². The molecule has 0 spiro atoms. The zero-order valence-corrected chi connectivity index (χ0v) is 11.3. The lowest BCUT2D eigenvalue weighted by Crippen LogP contribution is -1.99. The van der Waals surface area contributed by atoms with Gasteiger partial charge in [0.05, 0.1) is 0 Å². The van der Waals surface area contributed by atoms with E-state index in [1.54, 1.807) is 0 Å². The van der Waals surface area contributed by atoms with Gasteiger partial charge in [-0.15, -0.1) is 0 Å². The molecular formula is C14H13I. The van der Waals surface area contributed by atoms with Crippen LogP contribution in [0, 0.1) is 27.1 Å². The highest BCUT2D eigenvalue weighted by Crippen LogP contribution is 2.12. The Balaban J connectivity index is 3.12. The summed E-state index contributed by atoms with van der Waals surface area (Å²) in [6.45, 7) is 6.31. The van der Waals surface area contributed by atoms with Crippen LogP contribution in [0.15, 0.2) is 24.3 Å². The van der Waals surface area contributed by atoms with Crippen LogP contribution in [0.3, 0.4) is 0 Å². The van der Waals surface area contributed by atoms with Crippen molar-refractivity contribution < 1.29 is 0 Å². The first-order valence-electron chi connectivity index (χ1n) is 4.77. The van der Waals surface area contributed by atoms with Crippen LogP contribution in [0.4, 0.5) is 0 Å². The Morgan fingerprint density at radius 3 is 2.00 bits per heavy atom. The Labute approximate surface area is 106 Å². The topological polar surface area (TPSA) is 0 Å². The number of hydrogen-bond donors (Lipinski definition) is 0. The van der Waals surface area contributed by atoms with Gasteiger partial charge >= 0.3 is 0 Å². The summed E-state index contributed by atoms with van der Waals surface area (Å²) >= 11 is 2.04. The van der Waals surface area contributed by atoms with Gasteiger partial charge < -0.3 is 0 Å². The average Bonchev–Trinajstić information content (AvgIpc) is 2.16. The molecule has 1 aromatic carbocycles. The monoisotopic (exact) mass is 308 g/mol. The summed E-state index contributed by atoms with van der Waals surface area (Å²) in [7, 11) is 0. The number of hydrogen-bond acceptors (Lipinski definition) is 0. The fraction of sp³-hybridized carbons (Fsp3) is 0.286. The van der Waals surface area contributed by atoms with Crippen molar-refractivity contribution in [1.82, 2.24) is 0 Å². The zero-order chi connectivity index (χ0) is 11.3. The van der Waals surface area contributed by atoms with Crippen LogP contribution in [-0.4, -0.2) is 0 Å². The van der Waals surface area contributed by atoms with E-state index in [2.05, 4.69) is 42.5 Å². The van der Waals surface area contributed by atoms with Gasteiger partial charge in [0.15, 0.2) is 0 Å². The van der Waals surface area contributed by atoms with E-state index in [9.17, 15) is 0 Å². The molecular weight excluding hydrogens is 295 g/mol. The first-order chi connectivity index (χ1) is 7.03. The first kappa shape index (κ1) is 12.1. The minimum atomic E-state index is 0.0326. The molecule has 0 N–H and O–H groups in total. The van der Waals surface area contributed by atoms with Crippen LogP contribution < -0.4 is 0 Å². The third kappa shape index (κ3) is 4.40. The maximum absolute atomic E-state index is 3.22. The molecule has 0 aliphatic rings. The van der Waals surface area contributed by atoms with Crippen molar-refractivity contribution in [1.29, 1.82) is 0 Å². The standard InChI is InChI=1S/C14H13I/c1-14(2,3)10-8-12-6-4-5-7-13(12)9-11-15/h4-7H,1-3H3. The third-order valence-corrected chi connectivity index (χ3v) is 1.95. The molecule has 0 nitrogen and oxygen atoms in total. The van der Waals surface area contributed by atoms with E-state index in [1.165, 1.54) is 0 Å². The number of benzene rings is 1. The van der Waals surface area contributed by atoms with Crippen LogP contribution in [0.2, 0.25) is 0 Å². The molecule has 0 aromatic heterocycles. The number of rotatable bonds is 0. The molecule has 0 fully saturated rings. The van der Waals surface area contributed by atoms with E-state index in [4.69, 9.17) is 0 Å². The van der Waals surface area contributed by atoms with Crippen molar-refractivity contribution in [2.75, 3.05) is 0 Å². The molecule has 76 valence electrons. The highest BCUT2D eigenvalue weighted by Gasteiger charge is 2.03. The molecule has 15 heavy (non-hydrogen) atoms. The van der Waals surface area contributed by atoms with Gasteiger partial charge in [0.25, 0.3) is 0 Å². The van der Waals surface area contributed by atoms with Gasteiger partial charge in [0.1, 0.15) is 0 Å². The lowest BCUT2D eigenvalue weighted by molar-refractivity contribution is 0.571. The normalized spacial score (nSPS) is 9.60. The second-order valence-corrected chi connectivity index (χ2v) is 4.80. The molecule has 0 heterocycles. The van der Waals surface area contributed by atoms with Crippen LogP contribution in [0.1, 0.15) is 31.9 Å². The predicted molar refractivity (Wildman–Crippen MR) is 73.7 cm³/mol. The van der Waals surface area contributed by atoms with E-state index in [-0.39, 0.29) is 5.41 Å². The summed E-state index contributed by atoms with van der Waals surface area (Å²) in [5.41, 5.74) is 2.05. The van der Waals surface area contributed by atoms with Crippen molar-refractivity contribution in [2.24, 2.45) is 5.41 Å². The van der Waals surface area contributed by atoms with Gasteiger partial charge in [-0.1, -0.05) is 29.9 Å². The molecule has 1 rings (SSSR count). The Bertz CT molecular complexity index is 456. The largest absolute Gasteiger partial charge is 0.0919 e. The summed E-state index contributed by atoms with van der Waals surface area (Å²) in [5, 5.41) is 0. The van der Waals surface area contributed by atoms with Gasteiger partial charge in [0.2, 0.25) is 0 Å². The van der Waals surface area contributed by atoms with Crippen LogP contribution in [-0.2, 0) is 0 Å². The van der Waals surface area contributed by atoms with Gasteiger partial charge in [0, 0.05) is 39.1 Å². The summed E-state index contributed by atoms with van der Waals surface area (Å²) in [4.78, 5) is 0. The molecule has 0 radical (unpaired) electrons. The third-order valence-electron chi connectivity index (χ3n) is 1.68. The Morgan fingerprint density at radius 1 is 1.00 bits per heavy atom. The molecule has 0 bridgehead atoms. The smallest absolute Gasteiger partial charge is 0.0410 e. The Hall–Kier alpha value is -0.930. The van der Waals surface area contributed by atoms with E-state index in [0.29, 0.717) is 0 Å². The molecule has 0 atom stereocenters. The lowest BCUT2D eigenvalue weighted by atomic mass is 9.97. The highest BCUT2D eigenvalue weighted by atomic mass is 127. The molecule has 0 aliphatic heterocycles. The summed E-state index contributed by atoms with van der Waals surface area (Å²) in [5.74, 6) is 9.45. The SMILES string of the molecule is CC(C)(C)C#Cc1ccccc1C#CI. The van der Waals surface area contributed by atoms with E-state index < -0.39 is 0 Å². The Kier molecular flexibility index (Phi) is 4.24. The van der Waals surface area contributed by atoms with E-state index >= 15 is 0 Å². The first-order valence-corrected chi connectivity index (χ1v) is 5.85. The maximum Gasteiger partial charge on any atom is 0.0410 e. The fourth-order valence-corrected chi connectivity index (χ4v) is 1.30. The van der Waals surface area contributed by atoms with Gasteiger partial charge in [-0.2, -0.15) is 0 Å². The summed E-state index contributed by atoms with van der Waals surface area (Å²) in [6, 6.07) is 7.98. The van der Waals surface area contributed by atoms with Crippen molar-refractivity contribution in [2.45, 2.75) is 20.8 Å². The minimum absolute atomic E-state index is 0.0326. The van der Waals surface area contributed by atoms with Crippen molar-refractivity contribution in [3.05, 3.63) is 35.4 Å². The second kappa shape index (κ2) is 5.24. The highest BCUT2D eigenvalue weighted by molar-refractivity contribution is 14.1. The Morgan fingerprint density at radius 2 is 1.53 bits per heavy atom. The van der Waals surface area contributed by atoms with Gasteiger partial charge in [-0.05, 0) is 36.8 Å². The van der Waals surface area contributed by atoms with Crippen LogP contribution >= 0.6 is 22.6 Å². The minimum Gasteiger partial charge on any atom is -0.0919 e. The van der Waals surface area contributed by atoms with Gasteiger partial charge in [-0.25, -0.2) is 0 Å². The number of halogens is 1. The quantitative estimate of drug-likeness (QED) is 0.505. The van der Waals surface area contributed by atoms with Crippen molar-refractivity contribution in [3.8, 4) is 21.7 Å². The predicted octanol–water partition coefficient (Wildman–Crippen LogP) is 3.83. The molecule has 0 saturated carbocycles. The molecule has 0 unspecified atom stereocenters. The fourth-order valence-electron chi connectivity index (χ4n) is 1.01. The molecule has 0 amide bonds. The molecule has 0 aliphatic carbocycles. The van der Waals surface area contributed by atoms with E-state index in [1.807, 2.05) is 46.9 Å². The average molecular weight is 308 g/mol. The molecule has 1 aromatic rings. The lowest BCUT2D eigenvalue weighted by Gasteiger charge is -2.07. The maximum atomic E-state index is 3.22. The van der Waals surface area contributed by atoms with E-state index in [0.717, 1.165) is 11.1 Å². The molecule has 1 heteroatoms. The van der Waals surface area contributed by atoms with Crippen LogP contribution in [0.5, 0.6) is 0 Å². The van der Waals surface area contributed by atoms with Crippen molar-refractivity contribution >= 4 is 22.6 Å². The van der Waals surface area contributed by atoms with Crippen LogP contribution in [0.25, 0.3) is 0 Å².